The molecule has 1 N–H and O–H groups in total. The second-order valence-corrected chi connectivity index (χ2v) is 18.1. The lowest BCUT2D eigenvalue weighted by atomic mass is 9.74. The molecule has 1 aromatic carbocycles. The average Bonchev–Trinajstić information content (AvgIpc) is 3.06. The van der Waals surface area contributed by atoms with Gasteiger partial charge >= 0.3 is 5.97 Å². The number of ether oxygens (including phenoxy) is 4. The summed E-state index contributed by atoms with van der Waals surface area (Å²) in [5, 5.41) is 11.8. The van der Waals surface area contributed by atoms with Crippen LogP contribution in [0.2, 0.25) is 5.02 Å². The third-order valence-electron chi connectivity index (χ3n) is 11.3. The first kappa shape index (κ1) is 41.1. The van der Waals surface area contributed by atoms with Gasteiger partial charge in [-0.2, -0.15) is 4.31 Å². The Morgan fingerprint density at radius 2 is 1.64 bits per heavy atom. The predicted octanol–water partition coefficient (Wildman–Crippen LogP) is 3.83. The highest BCUT2D eigenvalue weighted by Crippen LogP contribution is 2.40. The molecule has 8 atom stereocenters. The number of sulfonamides is 1. The van der Waals surface area contributed by atoms with Crippen molar-refractivity contribution in [2.75, 3.05) is 54.5 Å². The van der Waals surface area contributed by atoms with Gasteiger partial charge in [-0.1, -0.05) is 25.4 Å². The number of carbonyl (C=O) groups excluding carboxylic acids is 2. The van der Waals surface area contributed by atoms with Crippen molar-refractivity contribution in [3.8, 4) is 0 Å². The lowest BCUT2D eigenvalue weighted by Gasteiger charge is -2.48. The Hall–Kier alpha value is -1.68. The number of benzene rings is 1. The maximum Gasteiger partial charge on any atom is 0.319 e. The average molecular weight is 744 g/mol. The molecule has 0 aromatic heterocycles. The molecule has 1 spiro atoms. The largest absolute Gasteiger partial charge is 0.463 e. The second kappa shape index (κ2) is 15.7. The Balaban J connectivity index is 1.65. The van der Waals surface area contributed by atoms with Crippen molar-refractivity contribution in [3.63, 3.8) is 0 Å². The maximum atomic E-state index is 14.3. The van der Waals surface area contributed by atoms with Crippen LogP contribution in [0.5, 0.6) is 0 Å². The summed E-state index contributed by atoms with van der Waals surface area (Å²) in [6.45, 7) is 11.8. The number of esters is 1. The Morgan fingerprint density at radius 3 is 2.20 bits per heavy atom. The number of rotatable bonds is 6. The number of ketones is 1. The normalized spacial score (nSPS) is 35.3. The number of carbonyl (C=O) groups is 2. The molecule has 3 fully saturated rings. The number of methoxy groups -OCH3 is 1. The maximum absolute atomic E-state index is 14.3. The van der Waals surface area contributed by atoms with Gasteiger partial charge < -0.3 is 29.0 Å². The fraction of sp³-hybridized carbons (Fsp3) is 0.778. The van der Waals surface area contributed by atoms with Gasteiger partial charge in [0.2, 0.25) is 10.0 Å². The Bertz CT molecular complexity index is 1450. The summed E-state index contributed by atoms with van der Waals surface area (Å²) in [5.74, 6) is -1.88. The quantitative estimate of drug-likeness (QED) is 0.337. The minimum atomic E-state index is -3.76. The van der Waals surface area contributed by atoms with Crippen LogP contribution >= 0.6 is 11.6 Å². The van der Waals surface area contributed by atoms with Crippen molar-refractivity contribution >= 4 is 33.4 Å². The van der Waals surface area contributed by atoms with E-state index in [0.29, 0.717) is 37.3 Å². The van der Waals surface area contributed by atoms with Crippen molar-refractivity contribution in [3.05, 3.63) is 29.3 Å². The molecule has 3 heterocycles. The van der Waals surface area contributed by atoms with Gasteiger partial charge in [0, 0.05) is 43.7 Å². The van der Waals surface area contributed by atoms with Crippen LogP contribution in [-0.2, 0) is 38.6 Å². The Morgan fingerprint density at radius 1 is 1.04 bits per heavy atom. The summed E-state index contributed by atoms with van der Waals surface area (Å²) in [4.78, 5) is 32.5. The topological polar surface area (TPSA) is 135 Å². The molecule has 0 amide bonds. The van der Waals surface area contributed by atoms with Gasteiger partial charge in [-0.05, 0) is 105 Å². The standard InChI is InChI=1S/C36H58ClN3O9S/c1-23-20-35(6,46-10)31(49-32-29(41)28(38(7)8)19-24(2)48-32)25(3)30(42)34(4,5)33(43)47-22-36(39(9)21-23)15-17-40(18-16-36)50(44,45)27-13-11-26(37)12-14-27/h11-14,23-25,28-29,31-32,41H,15-22H2,1-10H3/t23-,24-,25+,28+,29-,31-,32+,35-/m1/s1. The Kier molecular flexibility index (Phi) is 12.9. The lowest BCUT2D eigenvalue weighted by molar-refractivity contribution is -0.295. The summed E-state index contributed by atoms with van der Waals surface area (Å²) < 4.78 is 53.5. The summed E-state index contributed by atoms with van der Waals surface area (Å²) in [7, 11) is 3.59. The third-order valence-corrected chi connectivity index (χ3v) is 13.5. The van der Waals surface area contributed by atoms with Crippen molar-refractivity contribution in [2.24, 2.45) is 17.3 Å². The minimum Gasteiger partial charge on any atom is -0.463 e. The van der Waals surface area contributed by atoms with E-state index in [9.17, 15) is 23.1 Å². The van der Waals surface area contributed by atoms with Gasteiger partial charge in [-0.25, -0.2) is 8.42 Å². The predicted molar refractivity (Wildman–Crippen MR) is 190 cm³/mol. The van der Waals surface area contributed by atoms with Crippen molar-refractivity contribution in [1.29, 1.82) is 0 Å². The van der Waals surface area contributed by atoms with Gasteiger partial charge in [-0.15, -0.1) is 0 Å². The lowest BCUT2D eigenvalue weighted by Crippen LogP contribution is -2.59. The fourth-order valence-electron chi connectivity index (χ4n) is 8.05. The highest BCUT2D eigenvalue weighted by molar-refractivity contribution is 7.89. The summed E-state index contributed by atoms with van der Waals surface area (Å²) in [5.41, 5.74) is -3.24. The number of halogens is 1. The summed E-state index contributed by atoms with van der Waals surface area (Å²) in [6.07, 6.45) is -1.17. The van der Waals surface area contributed by atoms with Crippen molar-refractivity contribution in [2.45, 2.75) is 114 Å². The zero-order valence-corrected chi connectivity index (χ0v) is 32.9. The molecule has 12 nitrogen and oxygen atoms in total. The molecule has 50 heavy (non-hydrogen) atoms. The number of hydrogen-bond acceptors (Lipinski definition) is 11. The number of aliphatic hydroxyl groups excluding tert-OH is 1. The Labute approximate surface area is 303 Å². The number of aliphatic hydroxyl groups is 1. The van der Waals surface area contributed by atoms with Crippen LogP contribution in [0.15, 0.2) is 29.2 Å². The molecule has 3 aliphatic heterocycles. The molecule has 0 radical (unpaired) electrons. The molecule has 0 saturated carbocycles. The zero-order valence-electron chi connectivity index (χ0n) is 31.3. The van der Waals surface area contributed by atoms with Crippen LogP contribution in [0.1, 0.15) is 67.2 Å². The molecule has 3 aliphatic rings. The SMILES string of the molecule is CO[C@]1(C)C[C@@H](C)CN(C)C2(CCN(S(=O)(=O)c3ccc(Cl)cc3)CC2)COC(=O)C(C)(C)C(=O)[C@H](C)[C@H]1O[C@@H]1O[C@H](C)C[C@H](N(C)C)[C@H]1O. The van der Waals surface area contributed by atoms with Gasteiger partial charge in [-0.3, -0.25) is 14.5 Å². The molecule has 3 saturated heterocycles. The van der Waals surface area contributed by atoms with E-state index in [4.69, 9.17) is 30.5 Å². The van der Waals surface area contributed by atoms with Gasteiger partial charge in [0.25, 0.3) is 0 Å². The van der Waals surface area contributed by atoms with E-state index in [0.717, 1.165) is 0 Å². The van der Waals surface area contributed by atoms with E-state index in [1.54, 1.807) is 40.0 Å². The molecular weight excluding hydrogens is 686 g/mol. The van der Waals surface area contributed by atoms with Gasteiger partial charge in [0.15, 0.2) is 12.1 Å². The molecule has 14 heteroatoms. The number of hydrogen-bond donors (Lipinski definition) is 1. The first-order valence-corrected chi connectivity index (χ1v) is 19.4. The molecular formula is C36H58ClN3O9S. The molecule has 0 aliphatic carbocycles. The molecule has 1 aromatic rings. The van der Waals surface area contributed by atoms with Crippen molar-refractivity contribution < 1.29 is 42.1 Å². The molecule has 284 valence electrons. The van der Waals surface area contributed by atoms with Crippen LogP contribution in [0.4, 0.5) is 0 Å². The van der Waals surface area contributed by atoms with Crippen LogP contribution < -0.4 is 0 Å². The number of piperidine rings is 1. The number of cyclic esters (lactones) is 1. The minimum absolute atomic E-state index is 0.00108. The van der Waals surface area contributed by atoms with Crippen LogP contribution in [0.3, 0.4) is 0 Å². The summed E-state index contributed by atoms with van der Waals surface area (Å²) in [6, 6.07) is 5.90. The fourth-order valence-corrected chi connectivity index (χ4v) is 9.61. The first-order chi connectivity index (χ1) is 23.2. The van der Waals surface area contributed by atoms with E-state index < -0.39 is 57.0 Å². The van der Waals surface area contributed by atoms with Crippen LogP contribution in [0.25, 0.3) is 0 Å². The number of nitrogens with zero attached hydrogens (tertiary/aromatic N) is 3. The highest BCUT2D eigenvalue weighted by Gasteiger charge is 2.52. The van der Waals surface area contributed by atoms with Gasteiger partial charge in [0.05, 0.1) is 28.2 Å². The van der Waals surface area contributed by atoms with E-state index in [1.165, 1.54) is 16.4 Å². The van der Waals surface area contributed by atoms with Crippen LogP contribution in [0, 0.1) is 17.3 Å². The molecule has 0 unspecified atom stereocenters. The van der Waals surface area contributed by atoms with Crippen LogP contribution in [-0.4, -0.2) is 136 Å². The number of Topliss-reactive ketones (excluding diaryl/α,β-unsaturated/α-hetero) is 1. The van der Waals surface area contributed by atoms with E-state index >= 15 is 0 Å². The van der Waals surface area contributed by atoms with E-state index in [1.807, 2.05) is 39.9 Å². The highest BCUT2D eigenvalue weighted by atomic mass is 35.5. The third kappa shape index (κ3) is 8.42. The summed E-state index contributed by atoms with van der Waals surface area (Å²) >= 11 is 6.00. The molecule has 4 rings (SSSR count). The zero-order chi connectivity index (χ0) is 37.4. The van der Waals surface area contributed by atoms with Crippen molar-refractivity contribution in [1.82, 2.24) is 14.1 Å². The monoisotopic (exact) mass is 743 g/mol. The van der Waals surface area contributed by atoms with E-state index in [-0.39, 0.29) is 48.4 Å². The first-order valence-electron chi connectivity index (χ1n) is 17.6. The van der Waals surface area contributed by atoms with Gasteiger partial charge in [0.1, 0.15) is 18.1 Å². The number of likely N-dealkylation sites (N-methyl/N-ethyl adjacent to an activating group) is 2. The smallest absolute Gasteiger partial charge is 0.319 e. The van der Waals surface area contributed by atoms with E-state index in [2.05, 4.69) is 11.8 Å². The molecule has 0 bridgehead atoms. The second-order valence-electron chi connectivity index (χ2n) is 15.8.